The molecule has 1 aromatic carbocycles. The lowest BCUT2D eigenvalue weighted by atomic mass is 10.0. The number of likely N-dealkylation sites (tertiary alicyclic amines) is 1. The number of benzene rings is 1. The third kappa shape index (κ3) is 6.32. The van der Waals surface area contributed by atoms with Crippen molar-refractivity contribution in [3.8, 4) is 0 Å². The van der Waals surface area contributed by atoms with Crippen LogP contribution < -0.4 is 10.6 Å². The maximum atomic E-state index is 5.32. The van der Waals surface area contributed by atoms with Gasteiger partial charge in [-0.2, -0.15) is 0 Å². The van der Waals surface area contributed by atoms with Gasteiger partial charge in [-0.15, -0.1) is 0 Å². The summed E-state index contributed by atoms with van der Waals surface area (Å²) >= 11 is 8.77. The molecule has 0 bridgehead atoms. The van der Waals surface area contributed by atoms with E-state index in [1.165, 1.54) is 25.9 Å². The molecule has 0 amide bonds. The minimum Gasteiger partial charge on any atom is -0.362 e. The summed E-state index contributed by atoms with van der Waals surface area (Å²) in [6.45, 7) is 6.94. The van der Waals surface area contributed by atoms with Crippen LogP contribution in [0.1, 0.15) is 26.2 Å². The van der Waals surface area contributed by atoms with Crippen molar-refractivity contribution in [2.75, 3.05) is 31.5 Å². The van der Waals surface area contributed by atoms with Gasteiger partial charge in [-0.1, -0.05) is 28.9 Å². The molecule has 1 atom stereocenters. The fourth-order valence-electron chi connectivity index (χ4n) is 2.74. The van der Waals surface area contributed by atoms with Crippen LogP contribution in [0.4, 0.5) is 5.69 Å². The lowest BCUT2D eigenvalue weighted by Crippen LogP contribution is -2.37. The van der Waals surface area contributed by atoms with E-state index in [0.717, 1.165) is 35.6 Å². The van der Waals surface area contributed by atoms with Crippen LogP contribution in [0.15, 0.2) is 28.7 Å². The van der Waals surface area contributed by atoms with Crippen LogP contribution in [0.5, 0.6) is 0 Å². The van der Waals surface area contributed by atoms with Crippen LogP contribution >= 0.6 is 28.1 Å². The van der Waals surface area contributed by atoms with Gasteiger partial charge in [0.2, 0.25) is 0 Å². The predicted molar refractivity (Wildman–Crippen MR) is 97.8 cm³/mol. The Morgan fingerprint density at radius 1 is 1.48 bits per heavy atom. The summed E-state index contributed by atoms with van der Waals surface area (Å²) in [6, 6.07) is 8.02. The van der Waals surface area contributed by atoms with Gasteiger partial charge in [0.15, 0.2) is 5.11 Å². The van der Waals surface area contributed by atoms with Crippen molar-refractivity contribution in [2.24, 2.45) is 5.92 Å². The Kier molecular flexibility index (Phi) is 6.93. The number of nitrogens with one attached hydrogen (secondary N) is 2. The van der Waals surface area contributed by atoms with E-state index in [-0.39, 0.29) is 0 Å². The molecule has 0 aliphatic carbocycles. The zero-order valence-electron chi connectivity index (χ0n) is 12.6. The van der Waals surface area contributed by atoms with Crippen molar-refractivity contribution >= 4 is 38.9 Å². The van der Waals surface area contributed by atoms with Crippen molar-refractivity contribution in [3.05, 3.63) is 28.7 Å². The Balaban J connectivity index is 1.61. The monoisotopic (exact) mass is 369 g/mol. The summed E-state index contributed by atoms with van der Waals surface area (Å²) in [5.74, 6) is 0.853. The Hall–Kier alpha value is -0.650. The number of halogens is 1. The zero-order chi connectivity index (χ0) is 15.1. The maximum absolute atomic E-state index is 5.32. The van der Waals surface area contributed by atoms with Gasteiger partial charge < -0.3 is 15.5 Å². The van der Waals surface area contributed by atoms with Crippen molar-refractivity contribution in [1.29, 1.82) is 0 Å². The Morgan fingerprint density at radius 3 is 3.10 bits per heavy atom. The molecule has 3 nitrogen and oxygen atoms in total. The number of hydrogen-bond acceptors (Lipinski definition) is 2. The molecule has 1 unspecified atom stereocenters. The maximum Gasteiger partial charge on any atom is 0.170 e. The predicted octanol–water partition coefficient (Wildman–Crippen LogP) is 3.86. The van der Waals surface area contributed by atoms with Crippen molar-refractivity contribution in [2.45, 2.75) is 26.2 Å². The Labute approximate surface area is 141 Å². The minimum atomic E-state index is 0.695. The van der Waals surface area contributed by atoms with Crippen molar-refractivity contribution in [1.82, 2.24) is 10.2 Å². The normalized spacial score (nSPS) is 19.2. The first-order chi connectivity index (χ1) is 10.1. The van der Waals surface area contributed by atoms with E-state index in [0.29, 0.717) is 5.11 Å². The average Bonchev–Trinajstić information content (AvgIpc) is 2.44. The highest BCUT2D eigenvalue weighted by atomic mass is 79.9. The number of nitrogens with zero attached hydrogens (tertiary/aromatic N) is 1. The van der Waals surface area contributed by atoms with E-state index in [1.807, 2.05) is 24.3 Å². The number of anilines is 1. The SMILES string of the molecule is CC1CCCN(CCCNC(=S)Nc2cccc(Br)c2)C1. The molecule has 0 radical (unpaired) electrons. The van der Waals surface area contributed by atoms with Gasteiger partial charge in [-0.3, -0.25) is 0 Å². The summed E-state index contributed by atoms with van der Waals surface area (Å²) in [5, 5.41) is 7.18. The highest BCUT2D eigenvalue weighted by molar-refractivity contribution is 9.10. The molecular formula is C16H24BrN3S. The molecule has 1 heterocycles. The molecule has 2 rings (SSSR count). The van der Waals surface area contributed by atoms with E-state index in [2.05, 4.69) is 38.4 Å². The second-order valence-electron chi connectivity index (χ2n) is 5.79. The van der Waals surface area contributed by atoms with Crippen molar-refractivity contribution < 1.29 is 0 Å². The van der Waals surface area contributed by atoms with E-state index < -0.39 is 0 Å². The van der Waals surface area contributed by atoms with Gasteiger partial charge in [0, 0.05) is 23.2 Å². The molecule has 1 aromatic rings. The average molecular weight is 370 g/mol. The lowest BCUT2D eigenvalue weighted by Gasteiger charge is -2.30. The zero-order valence-corrected chi connectivity index (χ0v) is 15.0. The highest BCUT2D eigenvalue weighted by Gasteiger charge is 2.15. The van der Waals surface area contributed by atoms with Gasteiger partial charge in [0.05, 0.1) is 0 Å². The summed E-state index contributed by atoms with van der Waals surface area (Å²) in [6.07, 6.45) is 3.86. The molecule has 1 saturated heterocycles. The largest absolute Gasteiger partial charge is 0.362 e. The summed E-state index contributed by atoms with van der Waals surface area (Å²) in [7, 11) is 0. The number of piperidine rings is 1. The second-order valence-corrected chi connectivity index (χ2v) is 7.12. The first-order valence-corrected chi connectivity index (χ1v) is 8.86. The second kappa shape index (κ2) is 8.71. The van der Waals surface area contributed by atoms with Gasteiger partial charge in [-0.05, 0) is 68.7 Å². The van der Waals surface area contributed by atoms with Crippen molar-refractivity contribution in [3.63, 3.8) is 0 Å². The van der Waals surface area contributed by atoms with Gasteiger partial charge in [-0.25, -0.2) is 0 Å². The fraction of sp³-hybridized carbons (Fsp3) is 0.562. The topological polar surface area (TPSA) is 27.3 Å². The smallest absolute Gasteiger partial charge is 0.170 e. The third-order valence-corrected chi connectivity index (χ3v) is 4.50. The number of hydrogen-bond donors (Lipinski definition) is 2. The molecule has 1 aliphatic heterocycles. The standard InChI is InChI=1S/C16H24BrN3S/c1-13-5-3-9-20(12-13)10-4-8-18-16(21)19-15-7-2-6-14(17)11-15/h2,6-7,11,13H,3-5,8-10,12H2,1H3,(H2,18,19,21). The van der Waals surface area contributed by atoms with Crippen LogP contribution in [0, 0.1) is 5.92 Å². The number of rotatable bonds is 5. The lowest BCUT2D eigenvalue weighted by molar-refractivity contribution is 0.182. The molecule has 0 aromatic heterocycles. The molecule has 2 N–H and O–H groups in total. The van der Waals surface area contributed by atoms with Crippen LogP contribution in [0.3, 0.4) is 0 Å². The summed E-state index contributed by atoms with van der Waals surface area (Å²) in [5.41, 5.74) is 1.01. The molecule has 5 heteroatoms. The number of thiocarbonyl (C=S) groups is 1. The fourth-order valence-corrected chi connectivity index (χ4v) is 3.36. The van der Waals surface area contributed by atoms with Crippen LogP contribution in [-0.2, 0) is 0 Å². The molecule has 1 fully saturated rings. The van der Waals surface area contributed by atoms with E-state index >= 15 is 0 Å². The first kappa shape index (κ1) is 16.7. The summed E-state index contributed by atoms with van der Waals surface area (Å²) < 4.78 is 1.05. The molecule has 0 spiro atoms. The molecule has 0 saturated carbocycles. The third-order valence-electron chi connectivity index (χ3n) is 3.76. The van der Waals surface area contributed by atoms with E-state index in [9.17, 15) is 0 Å². The quantitative estimate of drug-likeness (QED) is 0.608. The molecule has 1 aliphatic rings. The van der Waals surface area contributed by atoms with Gasteiger partial charge >= 0.3 is 0 Å². The Morgan fingerprint density at radius 2 is 2.33 bits per heavy atom. The van der Waals surface area contributed by atoms with Gasteiger partial charge in [0.1, 0.15) is 0 Å². The van der Waals surface area contributed by atoms with Crippen LogP contribution in [0.25, 0.3) is 0 Å². The van der Waals surface area contributed by atoms with E-state index in [1.54, 1.807) is 0 Å². The summed E-state index contributed by atoms with van der Waals surface area (Å²) in [4.78, 5) is 2.57. The molecule has 116 valence electrons. The molecular weight excluding hydrogens is 346 g/mol. The van der Waals surface area contributed by atoms with Crippen LogP contribution in [0.2, 0.25) is 0 Å². The highest BCUT2D eigenvalue weighted by Crippen LogP contribution is 2.16. The van der Waals surface area contributed by atoms with E-state index in [4.69, 9.17) is 12.2 Å². The van der Waals surface area contributed by atoms with Gasteiger partial charge in [0.25, 0.3) is 0 Å². The minimum absolute atomic E-state index is 0.695. The first-order valence-electron chi connectivity index (χ1n) is 7.66. The Bertz CT molecular complexity index is 467. The van der Waals surface area contributed by atoms with Crippen LogP contribution in [-0.4, -0.2) is 36.2 Å². The molecule has 21 heavy (non-hydrogen) atoms.